The van der Waals surface area contributed by atoms with Crippen molar-refractivity contribution in [3.63, 3.8) is 0 Å². The molecule has 1 fully saturated rings. The van der Waals surface area contributed by atoms with E-state index in [4.69, 9.17) is 10.5 Å². The predicted octanol–water partition coefficient (Wildman–Crippen LogP) is 1.39. The summed E-state index contributed by atoms with van der Waals surface area (Å²) in [6.45, 7) is 3.80. The lowest BCUT2D eigenvalue weighted by Gasteiger charge is -2.09. The van der Waals surface area contributed by atoms with Crippen LogP contribution in [0, 0.1) is 5.92 Å². The molecule has 1 aromatic rings. The largest absolute Gasteiger partial charge is 0.399 e. The minimum Gasteiger partial charge on any atom is -0.399 e. The number of hydrogen-bond donors (Lipinski definition) is 2. The second-order valence-corrected chi connectivity index (χ2v) is 4.10. The number of nitrogens with one attached hydrogen (secondary N) is 1. The number of nitrogens with two attached hydrogens (primary N) is 1. The first-order valence-corrected chi connectivity index (χ1v) is 5.47. The van der Waals surface area contributed by atoms with Crippen molar-refractivity contribution in [2.75, 3.05) is 25.5 Å². The van der Waals surface area contributed by atoms with Gasteiger partial charge in [-0.1, -0.05) is 12.1 Å². The third kappa shape index (κ3) is 3.22. The highest BCUT2D eigenvalue weighted by Crippen LogP contribution is 2.11. The maximum Gasteiger partial charge on any atom is 0.0507 e. The van der Waals surface area contributed by atoms with Gasteiger partial charge < -0.3 is 15.8 Å². The highest BCUT2D eigenvalue weighted by molar-refractivity contribution is 5.39. The summed E-state index contributed by atoms with van der Waals surface area (Å²) in [4.78, 5) is 0. The Morgan fingerprint density at radius 2 is 2.13 bits per heavy atom. The van der Waals surface area contributed by atoms with Gasteiger partial charge in [-0.15, -0.1) is 0 Å². The first-order chi connectivity index (χ1) is 7.34. The van der Waals surface area contributed by atoms with E-state index in [0.717, 1.165) is 32.0 Å². The Labute approximate surface area is 90.6 Å². The lowest BCUT2D eigenvalue weighted by atomic mass is 10.1. The van der Waals surface area contributed by atoms with Gasteiger partial charge in [0.05, 0.1) is 6.61 Å². The van der Waals surface area contributed by atoms with Crippen molar-refractivity contribution in [1.82, 2.24) is 5.32 Å². The summed E-state index contributed by atoms with van der Waals surface area (Å²) in [7, 11) is 0. The number of nitrogen functional groups attached to an aromatic ring is 1. The Bertz CT molecular complexity index is 291. The van der Waals surface area contributed by atoms with Crippen LogP contribution in [0.3, 0.4) is 0 Å². The van der Waals surface area contributed by atoms with Crippen molar-refractivity contribution >= 4 is 5.69 Å². The monoisotopic (exact) mass is 206 g/mol. The predicted molar refractivity (Wildman–Crippen MR) is 61.5 cm³/mol. The zero-order valence-corrected chi connectivity index (χ0v) is 8.91. The molecule has 1 saturated heterocycles. The molecule has 3 N–H and O–H groups in total. The van der Waals surface area contributed by atoms with Gasteiger partial charge in [-0.25, -0.2) is 0 Å². The normalized spacial score (nSPS) is 20.7. The van der Waals surface area contributed by atoms with E-state index < -0.39 is 0 Å². The number of hydrogen-bond acceptors (Lipinski definition) is 3. The first-order valence-electron chi connectivity index (χ1n) is 5.47. The van der Waals surface area contributed by atoms with Gasteiger partial charge >= 0.3 is 0 Å². The van der Waals surface area contributed by atoms with Crippen molar-refractivity contribution in [1.29, 1.82) is 0 Å². The molecular formula is C12H18N2O. The second-order valence-electron chi connectivity index (χ2n) is 4.10. The van der Waals surface area contributed by atoms with Gasteiger partial charge in [0.15, 0.2) is 0 Å². The summed E-state index contributed by atoms with van der Waals surface area (Å²) in [5.74, 6) is 0.693. The number of rotatable bonds is 4. The zero-order valence-electron chi connectivity index (χ0n) is 8.91. The average molecular weight is 206 g/mol. The highest BCUT2D eigenvalue weighted by Gasteiger charge is 2.14. The fourth-order valence-electron chi connectivity index (χ4n) is 1.80. The van der Waals surface area contributed by atoms with Gasteiger partial charge in [-0.3, -0.25) is 0 Å². The quantitative estimate of drug-likeness (QED) is 0.732. The highest BCUT2D eigenvalue weighted by atomic mass is 16.5. The van der Waals surface area contributed by atoms with Crippen LogP contribution >= 0.6 is 0 Å². The van der Waals surface area contributed by atoms with Gasteiger partial charge in [0.25, 0.3) is 0 Å². The van der Waals surface area contributed by atoms with E-state index in [2.05, 4.69) is 17.4 Å². The molecule has 0 radical (unpaired) electrons. The Balaban J connectivity index is 1.71. The van der Waals surface area contributed by atoms with Crippen molar-refractivity contribution in [2.24, 2.45) is 5.92 Å². The third-order valence-electron chi connectivity index (χ3n) is 2.77. The molecule has 1 atom stereocenters. The van der Waals surface area contributed by atoms with Crippen molar-refractivity contribution in [2.45, 2.75) is 13.0 Å². The molecule has 0 spiro atoms. The topological polar surface area (TPSA) is 47.3 Å². The van der Waals surface area contributed by atoms with Crippen LogP contribution in [0.4, 0.5) is 5.69 Å². The lowest BCUT2D eigenvalue weighted by Crippen LogP contribution is -2.22. The molecule has 3 heteroatoms. The Morgan fingerprint density at radius 3 is 2.80 bits per heavy atom. The zero-order chi connectivity index (χ0) is 10.5. The molecule has 1 aromatic carbocycles. The van der Waals surface area contributed by atoms with Gasteiger partial charge in [-0.2, -0.15) is 0 Å². The van der Waals surface area contributed by atoms with Gasteiger partial charge in [-0.05, 0) is 30.0 Å². The second kappa shape index (κ2) is 5.14. The third-order valence-corrected chi connectivity index (χ3v) is 2.77. The molecular weight excluding hydrogens is 188 g/mol. The molecule has 0 aliphatic carbocycles. The standard InChI is InChI=1S/C12H18N2O/c13-12-3-1-10(2-4-12)7-14-8-11-5-6-15-9-11/h1-4,11,14H,5-9,13H2. The van der Waals surface area contributed by atoms with E-state index in [0.29, 0.717) is 5.92 Å². The molecule has 82 valence electrons. The van der Waals surface area contributed by atoms with Crippen LogP contribution in [0.1, 0.15) is 12.0 Å². The van der Waals surface area contributed by atoms with Gasteiger partial charge in [0, 0.05) is 25.4 Å². The Kier molecular flexibility index (Phi) is 3.59. The van der Waals surface area contributed by atoms with Crippen LogP contribution in [-0.4, -0.2) is 19.8 Å². The molecule has 2 rings (SSSR count). The van der Waals surface area contributed by atoms with Crippen LogP contribution in [0.5, 0.6) is 0 Å². The molecule has 0 amide bonds. The lowest BCUT2D eigenvalue weighted by molar-refractivity contribution is 0.185. The van der Waals surface area contributed by atoms with E-state index in [9.17, 15) is 0 Å². The molecule has 1 aliphatic heterocycles. The summed E-state index contributed by atoms with van der Waals surface area (Å²) >= 11 is 0. The van der Waals surface area contributed by atoms with Crippen LogP contribution < -0.4 is 11.1 Å². The summed E-state index contributed by atoms with van der Waals surface area (Å²) in [5, 5.41) is 3.44. The fraction of sp³-hybridized carbons (Fsp3) is 0.500. The van der Waals surface area contributed by atoms with E-state index in [-0.39, 0.29) is 0 Å². The number of ether oxygens (including phenoxy) is 1. The van der Waals surface area contributed by atoms with Crippen LogP contribution in [0.15, 0.2) is 24.3 Å². The Hall–Kier alpha value is -1.06. The molecule has 0 bridgehead atoms. The van der Waals surface area contributed by atoms with Crippen LogP contribution in [0.2, 0.25) is 0 Å². The maximum absolute atomic E-state index is 5.62. The minimum absolute atomic E-state index is 0.693. The van der Waals surface area contributed by atoms with Crippen LogP contribution in [0.25, 0.3) is 0 Å². The van der Waals surface area contributed by atoms with E-state index in [1.54, 1.807) is 0 Å². The molecule has 15 heavy (non-hydrogen) atoms. The first kappa shape index (κ1) is 10.5. The van der Waals surface area contributed by atoms with Crippen LogP contribution in [-0.2, 0) is 11.3 Å². The molecule has 1 aliphatic rings. The van der Waals surface area contributed by atoms with E-state index >= 15 is 0 Å². The van der Waals surface area contributed by atoms with E-state index in [1.165, 1.54) is 12.0 Å². The minimum atomic E-state index is 0.693. The number of benzene rings is 1. The number of anilines is 1. The summed E-state index contributed by atoms with van der Waals surface area (Å²) in [6, 6.07) is 8.01. The molecule has 0 saturated carbocycles. The SMILES string of the molecule is Nc1ccc(CNCC2CCOC2)cc1. The van der Waals surface area contributed by atoms with Crippen molar-refractivity contribution in [3.05, 3.63) is 29.8 Å². The van der Waals surface area contributed by atoms with Gasteiger partial charge in [0.1, 0.15) is 0 Å². The smallest absolute Gasteiger partial charge is 0.0507 e. The Morgan fingerprint density at radius 1 is 1.33 bits per heavy atom. The molecule has 0 aromatic heterocycles. The van der Waals surface area contributed by atoms with E-state index in [1.807, 2.05) is 12.1 Å². The van der Waals surface area contributed by atoms with Crippen molar-refractivity contribution < 1.29 is 4.74 Å². The summed E-state index contributed by atoms with van der Waals surface area (Å²) in [6.07, 6.45) is 1.19. The molecule has 1 unspecified atom stereocenters. The maximum atomic E-state index is 5.62. The molecule has 1 heterocycles. The summed E-state index contributed by atoms with van der Waals surface area (Å²) in [5.41, 5.74) is 7.72. The fourth-order valence-corrected chi connectivity index (χ4v) is 1.80. The average Bonchev–Trinajstić information content (AvgIpc) is 2.74. The van der Waals surface area contributed by atoms with Gasteiger partial charge in [0.2, 0.25) is 0 Å². The van der Waals surface area contributed by atoms with Crippen molar-refractivity contribution in [3.8, 4) is 0 Å². The molecule has 3 nitrogen and oxygen atoms in total. The summed E-state index contributed by atoms with van der Waals surface area (Å²) < 4.78 is 5.32.